The second-order valence-corrected chi connectivity index (χ2v) is 7.98. The van der Waals surface area contributed by atoms with Crippen molar-refractivity contribution in [2.45, 2.75) is 17.3 Å². The molecule has 1 amide bonds. The maximum atomic E-state index is 12.6. The van der Waals surface area contributed by atoms with Gasteiger partial charge in [-0.05, 0) is 29.8 Å². The van der Waals surface area contributed by atoms with E-state index in [2.05, 4.69) is 20.5 Å². The number of nitrogens with zero attached hydrogens (tertiary/aromatic N) is 2. The third kappa shape index (κ3) is 3.49. The zero-order chi connectivity index (χ0) is 17.9. The first-order valence-electron chi connectivity index (χ1n) is 8.12. The molecule has 0 radical (unpaired) electrons. The maximum absolute atomic E-state index is 12.6. The van der Waals surface area contributed by atoms with E-state index >= 15 is 0 Å². The molecule has 0 aliphatic carbocycles. The van der Waals surface area contributed by atoms with Gasteiger partial charge < -0.3 is 5.32 Å². The molecule has 1 atom stereocenters. The van der Waals surface area contributed by atoms with Crippen molar-refractivity contribution in [3.63, 3.8) is 0 Å². The summed E-state index contributed by atoms with van der Waals surface area (Å²) in [5.41, 5.74) is 0.815. The SMILES string of the molecule is C[C@H](Sc1n[nH]c(-c2cccs2)n1)C(=O)Nc1cccc2ccccc12. The summed E-state index contributed by atoms with van der Waals surface area (Å²) in [5.74, 6) is 0.651. The number of carbonyl (C=O) groups excluding carboxylic acids is 1. The summed E-state index contributed by atoms with van der Waals surface area (Å²) in [7, 11) is 0. The van der Waals surface area contributed by atoms with Crippen LogP contribution in [0.2, 0.25) is 0 Å². The third-order valence-electron chi connectivity index (χ3n) is 3.92. The average molecular weight is 380 g/mol. The number of aromatic nitrogens is 3. The van der Waals surface area contributed by atoms with E-state index in [4.69, 9.17) is 0 Å². The summed E-state index contributed by atoms with van der Waals surface area (Å²) in [5, 5.41) is 14.5. The zero-order valence-corrected chi connectivity index (χ0v) is 15.6. The molecule has 26 heavy (non-hydrogen) atoms. The van der Waals surface area contributed by atoms with Crippen molar-refractivity contribution in [3.05, 3.63) is 60.0 Å². The molecule has 0 saturated carbocycles. The lowest BCUT2D eigenvalue weighted by atomic mass is 10.1. The molecule has 0 aliphatic rings. The number of amides is 1. The Balaban J connectivity index is 1.46. The molecule has 0 spiro atoms. The van der Waals surface area contributed by atoms with Crippen LogP contribution in [0.5, 0.6) is 0 Å². The number of hydrogen-bond acceptors (Lipinski definition) is 5. The fourth-order valence-electron chi connectivity index (χ4n) is 2.60. The van der Waals surface area contributed by atoms with Gasteiger partial charge in [-0.15, -0.1) is 16.4 Å². The molecular weight excluding hydrogens is 364 g/mol. The normalized spacial score (nSPS) is 12.2. The molecular formula is C19H16N4OS2. The van der Waals surface area contributed by atoms with Gasteiger partial charge in [0.2, 0.25) is 11.1 Å². The van der Waals surface area contributed by atoms with Crippen LogP contribution in [0.25, 0.3) is 21.5 Å². The van der Waals surface area contributed by atoms with Crippen LogP contribution >= 0.6 is 23.1 Å². The Labute approximate surface area is 158 Å². The van der Waals surface area contributed by atoms with Crippen LogP contribution in [0.3, 0.4) is 0 Å². The number of thioether (sulfide) groups is 1. The molecule has 4 rings (SSSR count). The minimum absolute atomic E-state index is 0.0752. The van der Waals surface area contributed by atoms with Crippen LogP contribution in [-0.2, 0) is 4.79 Å². The molecule has 0 unspecified atom stereocenters. The summed E-state index contributed by atoms with van der Waals surface area (Å²) in [6, 6.07) is 17.8. The Morgan fingerprint density at radius 3 is 2.85 bits per heavy atom. The van der Waals surface area contributed by atoms with E-state index < -0.39 is 0 Å². The fourth-order valence-corrected chi connectivity index (χ4v) is 3.99. The summed E-state index contributed by atoms with van der Waals surface area (Å²) in [6.45, 7) is 1.85. The summed E-state index contributed by atoms with van der Waals surface area (Å²) >= 11 is 2.93. The topological polar surface area (TPSA) is 70.7 Å². The highest BCUT2D eigenvalue weighted by molar-refractivity contribution is 8.00. The number of carbonyl (C=O) groups is 1. The quantitative estimate of drug-likeness (QED) is 0.488. The Morgan fingerprint density at radius 2 is 2.00 bits per heavy atom. The number of fused-ring (bicyclic) bond motifs is 1. The van der Waals surface area contributed by atoms with E-state index in [9.17, 15) is 4.79 Å². The molecule has 7 heteroatoms. The van der Waals surface area contributed by atoms with Crippen LogP contribution in [0.15, 0.2) is 65.1 Å². The molecule has 2 N–H and O–H groups in total. The number of thiophene rings is 1. The van der Waals surface area contributed by atoms with Crippen molar-refractivity contribution < 1.29 is 4.79 Å². The molecule has 2 aromatic heterocycles. The monoisotopic (exact) mass is 380 g/mol. The summed E-state index contributed by atoms with van der Waals surface area (Å²) < 4.78 is 0. The number of rotatable bonds is 5. The van der Waals surface area contributed by atoms with Crippen LogP contribution in [0, 0.1) is 0 Å². The van der Waals surface area contributed by atoms with Crippen LogP contribution in [0.4, 0.5) is 5.69 Å². The standard InChI is InChI=1S/C19H16N4OS2/c1-12(26-19-21-17(22-23-19)16-10-5-11-25-16)18(24)20-15-9-4-7-13-6-2-3-8-14(13)15/h2-12H,1H3,(H,20,24)(H,21,22,23)/t12-/m0/s1. The fraction of sp³-hybridized carbons (Fsp3) is 0.105. The number of anilines is 1. The maximum Gasteiger partial charge on any atom is 0.237 e. The van der Waals surface area contributed by atoms with Gasteiger partial charge in [0.1, 0.15) is 0 Å². The van der Waals surface area contributed by atoms with Crippen LogP contribution in [0.1, 0.15) is 6.92 Å². The molecule has 5 nitrogen and oxygen atoms in total. The van der Waals surface area contributed by atoms with Gasteiger partial charge in [0, 0.05) is 11.1 Å². The van der Waals surface area contributed by atoms with E-state index in [1.165, 1.54) is 11.8 Å². The van der Waals surface area contributed by atoms with E-state index in [0.717, 1.165) is 27.2 Å². The van der Waals surface area contributed by atoms with Crippen molar-refractivity contribution in [2.75, 3.05) is 5.32 Å². The van der Waals surface area contributed by atoms with Crippen molar-refractivity contribution in [3.8, 4) is 10.7 Å². The second kappa shape index (κ2) is 7.31. The second-order valence-electron chi connectivity index (χ2n) is 5.72. The lowest BCUT2D eigenvalue weighted by molar-refractivity contribution is -0.115. The molecule has 2 heterocycles. The smallest absolute Gasteiger partial charge is 0.237 e. The van der Waals surface area contributed by atoms with Gasteiger partial charge in [-0.1, -0.05) is 54.2 Å². The zero-order valence-electron chi connectivity index (χ0n) is 14.0. The summed E-state index contributed by atoms with van der Waals surface area (Å²) in [4.78, 5) is 18.1. The largest absolute Gasteiger partial charge is 0.325 e. The molecule has 130 valence electrons. The van der Waals surface area contributed by atoms with Gasteiger partial charge in [-0.25, -0.2) is 4.98 Å². The predicted octanol–water partition coefficient (Wildman–Crippen LogP) is 4.81. The van der Waals surface area contributed by atoms with E-state index in [1.54, 1.807) is 11.3 Å². The molecule has 2 aromatic carbocycles. The average Bonchev–Trinajstić information content (AvgIpc) is 3.33. The van der Waals surface area contributed by atoms with Crippen molar-refractivity contribution >= 4 is 45.5 Å². The third-order valence-corrected chi connectivity index (χ3v) is 5.76. The molecule has 0 aliphatic heterocycles. The lowest BCUT2D eigenvalue weighted by Gasteiger charge is -2.12. The number of hydrogen-bond donors (Lipinski definition) is 2. The van der Waals surface area contributed by atoms with Crippen molar-refractivity contribution in [2.24, 2.45) is 0 Å². The first-order valence-corrected chi connectivity index (χ1v) is 9.88. The minimum atomic E-state index is -0.319. The first kappa shape index (κ1) is 16.8. The van der Waals surface area contributed by atoms with Crippen molar-refractivity contribution in [1.82, 2.24) is 15.2 Å². The van der Waals surface area contributed by atoms with Gasteiger partial charge >= 0.3 is 0 Å². The summed E-state index contributed by atoms with van der Waals surface area (Å²) in [6.07, 6.45) is 0. The van der Waals surface area contributed by atoms with E-state index in [0.29, 0.717) is 5.16 Å². The molecule has 0 saturated heterocycles. The van der Waals surface area contributed by atoms with Gasteiger partial charge in [0.05, 0.1) is 10.1 Å². The number of H-pyrrole nitrogens is 1. The van der Waals surface area contributed by atoms with Gasteiger partial charge in [-0.3, -0.25) is 9.89 Å². The Hall–Kier alpha value is -2.64. The van der Waals surface area contributed by atoms with Crippen LogP contribution in [-0.4, -0.2) is 26.3 Å². The Kier molecular flexibility index (Phi) is 4.73. The molecule has 4 aromatic rings. The van der Waals surface area contributed by atoms with Gasteiger partial charge in [0.15, 0.2) is 5.82 Å². The Morgan fingerprint density at radius 1 is 1.15 bits per heavy atom. The van der Waals surface area contributed by atoms with Crippen LogP contribution < -0.4 is 5.32 Å². The highest BCUT2D eigenvalue weighted by atomic mass is 32.2. The predicted molar refractivity (Wildman–Crippen MR) is 108 cm³/mol. The Bertz CT molecular complexity index is 1040. The number of benzene rings is 2. The lowest BCUT2D eigenvalue weighted by Crippen LogP contribution is -2.22. The highest BCUT2D eigenvalue weighted by Crippen LogP contribution is 2.27. The number of nitrogens with one attached hydrogen (secondary N) is 2. The van der Waals surface area contributed by atoms with Gasteiger partial charge in [0.25, 0.3) is 0 Å². The number of aromatic amines is 1. The van der Waals surface area contributed by atoms with Gasteiger partial charge in [-0.2, -0.15) is 0 Å². The molecule has 0 bridgehead atoms. The van der Waals surface area contributed by atoms with E-state index in [-0.39, 0.29) is 11.2 Å². The highest BCUT2D eigenvalue weighted by Gasteiger charge is 2.18. The molecule has 0 fully saturated rings. The minimum Gasteiger partial charge on any atom is -0.325 e. The first-order chi connectivity index (χ1) is 12.7. The van der Waals surface area contributed by atoms with E-state index in [1.807, 2.05) is 66.9 Å². The van der Waals surface area contributed by atoms with Crippen molar-refractivity contribution in [1.29, 1.82) is 0 Å².